The Morgan fingerprint density at radius 3 is 2.38 bits per heavy atom. The Bertz CT molecular complexity index is 1790. The molecule has 1 saturated carbocycles. The van der Waals surface area contributed by atoms with Crippen molar-refractivity contribution in [1.82, 2.24) is 20.0 Å². The molecule has 11 heteroatoms. The number of rotatable bonds is 8. The van der Waals surface area contributed by atoms with Crippen molar-refractivity contribution in [1.29, 1.82) is 15.8 Å². The quantitative estimate of drug-likeness (QED) is 0.259. The van der Waals surface area contributed by atoms with Gasteiger partial charge in [-0.1, -0.05) is 38.1 Å². The third-order valence-electron chi connectivity index (χ3n) is 7.56. The number of pyridine rings is 1. The Morgan fingerprint density at radius 2 is 1.76 bits per heavy atom. The molecule has 42 heavy (non-hydrogen) atoms. The zero-order chi connectivity index (χ0) is 30.2. The topological polar surface area (TPSA) is 139 Å². The van der Waals surface area contributed by atoms with Crippen molar-refractivity contribution in [2.45, 2.75) is 58.5 Å². The number of nitrogens with zero attached hydrogens (tertiary/aromatic N) is 7. The van der Waals surface area contributed by atoms with Gasteiger partial charge in [-0.15, -0.1) is 5.10 Å². The van der Waals surface area contributed by atoms with Crippen molar-refractivity contribution in [3.63, 3.8) is 0 Å². The monoisotopic (exact) mass is 565 g/mol. The molecule has 1 aliphatic carbocycles. The number of fused-ring (bicyclic) bond motifs is 1. The van der Waals surface area contributed by atoms with Crippen LogP contribution in [0.4, 0.5) is 20.2 Å². The molecule has 2 N–H and O–H groups in total. The van der Waals surface area contributed by atoms with Crippen LogP contribution in [0.25, 0.3) is 10.9 Å². The third-order valence-corrected chi connectivity index (χ3v) is 7.56. The fraction of sp³-hybridized carbons (Fsp3) is 0.355. The van der Waals surface area contributed by atoms with Crippen LogP contribution in [0.15, 0.2) is 42.7 Å². The minimum absolute atomic E-state index is 0.0897. The van der Waals surface area contributed by atoms with Crippen LogP contribution in [0.5, 0.6) is 0 Å². The van der Waals surface area contributed by atoms with Crippen LogP contribution >= 0.6 is 0 Å². The Labute approximate surface area is 242 Å². The van der Waals surface area contributed by atoms with Gasteiger partial charge in [0.25, 0.3) is 6.43 Å². The number of nitriles is 3. The van der Waals surface area contributed by atoms with E-state index in [-0.39, 0.29) is 11.0 Å². The summed E-state index contributed by atoms with van der Waals surface area (Å²) < 4.78 is 29.0. The molecule has 0 radical (unpaired) electrons. The van der Waals surface area contributed by atoms with Gasteiger partial charge in [-0.25, -0.2) is 13.5 Å². The summed E-state index contributed by atoms with van der Waals surface area (Å²) in [6.45, 7) is 8.58. The van der Waals surface area contributed by atoms with E-state index in [1.807, 2.05) is 13.0 Å². The van der Waals surface area contributed by atoms with Gasteiger partial charge in [-0.2, -0.15) is 15.8 Å². The van der Waals surface area contributed by atoms with Crippen LogP contribution in [0.2, 0.25) is 0 Å². The van der Waals surface area contributed by atoms with Gasteiger partial charge in [0.15, 0.2) is 0 Å². The maximum Gasteiger partial charge on any atom is 0.263 e. The van der Waals surface area contributed by atoms with Crippen molar-refractivity contribution in [3.8, 4) is 18.2 Å². The number of hydrogen-bond acceptors (Lipinski definition) is 8. The highest BCUT2D eigenvalue weighted by atomic mass is 19.3. The van der Waals surface area contributed by atoms with E-state index >= 15 is 0 Å². The van der Waals surface area contributed by atoms with Gasteiger partial charge in [0, 0.05) is 23.8 Å². The van der Waals surface area contributed by atoms with Gasteiger partial charge in [0.05, 0.1) is 46.2 Å². The summed E-state index contributed by atoms with van der Waals surface area (Å²) in [6, 6.07) is 14.6. The molecule has 0 bridgehead atoms. The molecule has 0 amide bonds. The molecule has 9 nitrogen and oxygen atoms in total. The average molecular weight is 566 g/mol. The highest BCUT2D eigenvalue weighted by molar-refractivity contribution is 5.99. The molecule has 4 aromatic rings. The van der Waals surface area contributed by atoms with Gasteiger partial charge in [0.2, 0.25) is 0 Å². The average Bonchev–Trinajstić information content (AvgIpc) is 3.64. The van der Waals surface area contributed by atoms with E-state index in [4.69, 9.17) is 0 Å². The van der Waals surface area contributed by atoms with E-state index in [2.05, 4.69) is 64.9 Å². The molecule has 5 rings (SSSR count). The van der Waals surface area contributed by atoms with E-state index in [1.165, 1.54) is 17.1 Å². The fourth-order valence-electron chi connectivity index (χ4n) is 4.97. The lowest BCUT2D eigenvalue weighted by Gasteiger charge is -2.23. The van der Waals surface area contributed by atoms with Gasteiger partial charge in [-0.3, -0.25) is 4.98 Å². The van der Waals surface area contributed by atoms with E-state index in [0.717, 1.165) is 0 Å². The molecule has 2 heterocycles. The first-order chi connectivity index (χ1) is 20.0. The standard InChI is InChI=1S/C31H29F2N9/c1-18-19(12-34)6-5-7-23(18)28(25-16-42(41-40-25)31(8-9-31)29(32)33)39-22-10-20(13-35)26-24(11-22)27(21(14-36)15-37-26)38-17-30(2,3)4/h5-7,10-11,15-16,28-29,39H,8-9,17H2,1-4H3,(H,37,38). The van der Waals surface area contributed by atoms with Crippen LogP contribution in [-0.4, -0.2) is 32.9 Å². The molecule has 1 unspecified atom stereocenters. The molecule has 2 aromatic heterocycles. The molecule has 1 fully saturated rings. The number of halogens is 2. The highest BCUT2D eigenvalue weighted by Crippen LogP contribution is 2.48. The Morgan fingerprint density at radius 1 is 1.05 bits per heavy atom. The number of alkyl halides is 2. The summed E-state index contributed by atoms with van der Waals surface area (Å²) >= 11 is 0. The second kappa shape index (κ2) is 10.7. The molecule has 0 aliphatic heterocycles. The highest BCUT2D eigenvalue weighted by Gasteiger charge is 2.54. The van der Waals surface area contributed by atoms with Crippen molar-refractivity contribution < 1.29 is 8.78 Å². The number of anilines is 2. The second-order valence-corrected chi connectivity index (χ2v) is 11.8. The first kappa shape index (κ1) is 28.4. The molecular formula is C31H29F2N9. The number of nitrogens with one attached hydrogen (secondary N) is 2. The Kier molecular flexibility index (Phi) is 7.26. The minimum atomic E-state index is -2.58. The third kappa shape index (κ3) is 5.20. The van der Waals surface area contributed by atoms with Crippen LogP contribution < -0.4 is 10.6 Å². The van der Waals surface area contributed by atoms with Crippen LogP contribution in [0, 0.1) is 46.3 Å². The largest absolute Gasteiger partial charge is 0.383 e. The SMILES string of the molecule is Cc1c(C#N)cccc1C(Nc1cc(C#N)c2ncc(C#N)c(NCC(C)(C)C)c2c1)c1cn(C2(C(F)F)CC2)nn1. The van der Waals surface area contributed by atoms with Gasteiger partial charge < -0.3 is 10.6 Å². The summed E-state index contributed by atoms with van der Waals surface area (Å²) in [4.78, 5) is 4.41. The lowest BCUT2D eigenvalue weighted by Crippen LogP contribution is -2.26. The number of hydrogen-bond donors (Lipinski definition) is 2. The summed E-state index contributed by atoms with van der Waals surface area (Å²) in [5.41, 5.74) is 2.96. The summed E-state index contributed by atoms with van der Waals surface area (Å²) in [5.74, 6) is 0. The Hall–Kier alpha value is -5.08. The van der Waals surface area contributed by atoms with E-state index in [1.54, 1.807) is 24.3 Å². The first-order valence-electron chi connectivity index (χ1n) is 13.5. The lowest BCUT2D eigenvalue weighted by atomic mass is 9.94. The van der Waals surface area contributed by atoms with Gasteiger partial charge >= 0.3 is 0 Å². The molecule has 212 valence electrons. The first-order valence-corrected chi connectivity index (χ1v) is 13.5. The molecule has 1 aliphatic rings. The molecule has 1 atom stereocenters. The zero-order valence-corrected chi connectivity index (χ0v) is 23.7. The Balaban J connectivity index is 1.66. The molecule has 0 spiro atoms. The van der Waals surface area contributed by atoms with E-state index in [0.29, 0.717) is 69.6 Å². The van der Waals surface area contributed by atoms with E-state index < -0.39 is 18.0 Å². The van der Waals surface area contributed by atoms with Crippen molar-refractivity contribution in [2.24, 2.45) is 5.41 Å². The zero-order valence-electron chi connectivity index (χ0n) is 23.7. The molecule has 2 aromatic carbocycles. The normalized spacial score (nSPS) is 14.6. The van der Waals surface area contributed by atoms with Gasteiger partial charge in [0.1, 0.15) is 23.4 Å². The fourth-order valence-corrected chi connectivity index (χ4v) is 4.97. The number of aromatic nitrogens is 4. The van der Waals surface area contributed by atoms with Crippen LogP contribution in [0.3, 0.4) is 0 Å². The van der Waals surface area contributed by atoms with Crippen molar-refractivity contribution in [2.75, 3.05) is 17.2 Å². The summed E-state index contributed by atoms with van der Waals surface area (Å²) in [7, 11) is 0. The summed E-state index contributed by atoms with van der Waals surface area (Å²) in [6.07, 6.45) is 1.01. The summed E-state index contributed by atoms with van der Waals surface area (Å²) in [5, 5.41) is 45.3. The maximum absolute atomic E-state index is 13.9. The number of benzene rings is 2. The predicted molar refractivity (Wildman–Crippen MR) is 154 cm³/mol. The lowest BCUT2D eigenvalue weighted by molar-refractivity contribution is 0.0593. The smallest absolute Gasteiger partial charge is 0.263 e. The van der Waals surface area contributed by atoms with Crippen LogP contribution in [-0.2, 0) is 5.54 Å². The van der Waals surface area contributed by atoms with Crippen molar-refractivity contribution in [3.05, 3.63) is 76.2 Å². The van der Waals surface area contributed by atoms with Gasteiger partial charge in [-0.05, 0) is 54.5 Å². The van der Waals surface area contributed by atoms with Crippen molar-refractivity contribution >= 4 is 22.3 Å². The van der Waals surface area contributed by atoms with Crippen LogP contribution in [0.1, 0.15) is 73.2 Å². The molecular weight excluding hydrogens is 536 g/mol. The van der Waals surface area contributed by atoms with E-state index in [9.17, 15) is 24.6 Å². The minimum Gasteiger partial charge on any atom is -0.383 e. The second-order valence-electron chi connectivity index (χ2n) is 11.8. The predicted octanol–water partition coefficient (Wildman–Crippen LogP) is 6.16. The molecule has 0 saturated heterocycles. The maximum atomic E-state index is 13.9.